The van der Waals surface area contributed by atoms with Crippen LogP contribution in [0, 0.1) is 10.1 Å². The molecular formula is C16H20N6O3. The number of aryl methyl sites for hydroxylation is 1. The minimum absolute atomic E-state index is 0.0153. The molecule has 2 amide bonds. The summed E-state index contributed by atoms with van der Waals surface area (Å²) in [6, 6.07) is 5.33. The molecule has 132 valence electrons. The molecule has 2 heterocycles. The first-order valence-electron chi connectivity index (χ1n) is 8.34. The summed E-state index contributed by atoms with van der Waals surface area (Å²) in [6.45, 7) is 1.38. The molecule has 2 aromatic rings. The fourth-order valence-corrected chi connectivity index (χ4v) is 2.86. The van der Waals surface area contributed by atoms with E-state index in [1.165, 1.54) is 30.7 Å². The molecule has 0 aliphatic carbocycles. The number of nitrogens with one attached hydrogen (secondary N) is 2. The number of anilines is 1. The van der Waals surface area contributed by atoms with E-state index >= 15 is 0 Å². The van der Waals surface area contributed by atoms with Gasteiger partial charge in [0.05, 0.1) is 4.92 Å². The summed E-state index contributed by atoms with van der Waals surface area (Å²) in [7, 11) is 0. The molecule has 1 aromatic carbocycles. The Bertz CT molecular complexity index is 756. The monoisotopic (exact) mass is 344 g/mol. The van der Waals surface area contributed by atoms with Gasteiger partial charge >= 0.3 is 6.03 Å². The second-order valence-electron chi connectivity index (χ2n) is 5.93. The minimum Gasteiger partial charge on any atom is -0.337 e. The number of nitrogens with zero attached hydrogens (tertiary/aromatic N) is 4. The summed E-state index contributed by atoms with van der Waals surface area (Å²) in [4.78, 5) is 22.0. The van der Waals surface area contributed by atoms with E-state index in [1.54, 1.807) is 0 Å². The molecule has 0 saturated carbocycles. The molecule has 1 aliphatic rings. The third-order valence-corrected chi connectivity index (χ3v) is 4.16. The van der Waals surface area contributed by atoms with Crippen molar-refractivity contribution in [3.8, 4) is 0 Å². The molecule has 1 aliphatic heterocycles. The number of aromatic nitrogens is 3. The van der Waals surface area contributed by atoms with Gasteiger partial charge in [-0.15, -0.1) is 10.2 Å². The number of rotatable bonds is 5. The van der Waals surface area contributed by atoms with E-state index in [4.69, 9.17) is 0 Å². The molecule has 25 heavy (non-hydrogen) atoms. The third-order valence-electron chi connectivity index (χ3n) is 4.16. The van der Waals surface area contributed by atoms with Crippen molar-refractivity contribution < 1.29 is 9.72 Å². The maximum atomic E-state index is 11.9. The highest BCUT2D eigenvalue weighted by molar-refractivity contribution is 5.89. The SMILES string of the molecule is O=C(NCCc1nnc2n1CCCCC2)Nc1ccc([N+](=O)[O-])cc1. The largest absolute Gasteiger partial charge is 0.337 e. The van der Waals surface area contributed by atoms with Gasteiger partial charge in [-0.25, -0.2) is 4.79 Å². The van der Waals surface area contributed by atoms with Gasteiger partial charge in [-0.1, -0.05) is 6.42 Å². The van der Waals surface area contributed by atoms with E-state index in [1.807, 2.05) is 0 Å². The van der Waals surface area contributed by atoms with E-state index < -0.39 is 4.92 Å². The first-order chi connectivity index (χ1) is 12.1. The van der Waals surface area contributed by atoms with Gasteiger partial charge in [0.15, 0.2) is 0 Å². The number of amides is 2. The summed E-state index contributed by atoms with van der Waals surface area (Å²) >= 11 is 0. The number of nitro benzene ring substituents is 1. The average Bonchev–Trinajstić information content (AvgIpc) is 2.82. The summed E-state index contributed by atoms with van der Waals surface area (Å²) in [5.74, 6) is 1.93. The van der Waals surface area contributed by atoms with Crippen LogP contribution in [0.2, 0.25) is 0 Å². The number of carbonyl (C=O) groups excluding carboxylic acids is 1. The molecule has 0 fully saturated rings. The number of carbonyl (C=O) groups is 1. The number of fused-ring (bicyclic) bond motifs is 1. The Morgan fingerprint density at radius 1 is 1.20 bits per heavy atom. The standard InChI is InChI=1S/C16H20N6O3/c23-16(18-12-5-7-13(8-6-12)22(24)25)17-10-9-15-20-19-14-4-2-1-3-11-21(14)15/h5-8H,1-4,9-11H2,(H2,17,18,23). The van der Waals surface area contributed by atoms with Crippen molar-refractivity contribution in [3.05, 3.63) is 46.0 Å². The van der Waals surface area contributed by atoms with Crippen LogP contribution >= 0.6 is 0 Å². The highest BCUT2D eigenvalue weighted by atomic mass is 16.6. The van der Waals surface area contributed by atoms with Crippen molar-refractivity contribution in [2.45, 2.75) is 38.6 Å². The second kappa shape index (κ2) is 7.73. The molecule has 0 saturated heterocycles. The highest BCUT2D eigenvalue weighted by Gasteiger charge is 2.14. The molecule has 0 spiro atoms. The predicted molar refractivity (Wildman–Crippen MR) is 91.4 cm³/mol. The normalized spacial score (nSPS) is 13.6. The van der Waals surface area contributed by atoms with Crippen LogP contribution in [0.1, 0.15) is 30.9 Å². The Morgan fingerprint density at radius 2 is 2.00 bits per heavy atom. The van der Waals surface area contributed by atoms with E-state index in [9.17, 15) is 14.9 Å². The van der Waals surface area contributed by atoms with Gasteiger partial charge in [0.1, 0.15) is 11.6 Å². The lowest BCUT2D eigenvalue weighted by Gasteiger charge is -2.09. The van der Waals surface area contributed by atoms with Crippen LogP contribution in [0.25, 0.3) is 0 Å². The van der Waals surface area contributed by atoms with Crippen molar-refractivity contribution in [2.75, 3.05) is 11.9 Å². The number of hydrogen-bond acceptors (Lipinski definition) is 5. The fraction of sp³-hybridized carbons (Fsp3) is 0.438. The Balaban J connectivity index is 1.48. The number of benzene rings is 1. The summed E-state index contributed by atoms with van der Waals surface area (Å²) in [5, 5.41) is 24.5. The van der Waals surface area contributed by atoms with Crippen LogP contribution < -0.4 is 10.6 Å². The Hall–Kier alpha value is -2.97. The molecule has 3 rings (SSSR count). The van der Waals surface area contributed by atoms with E-state index in [0.29, 0.717) is 18.7 Å². The van der Waals surface area contributed by atoms with Crippen molar-refractivity contribution >= 4 is 17.4 Å². The van der Waals surface area contributed by atoms with Crippen molar-refractivity contribution in [2.24, 2.45) is 0 Å². The maximum absolute atomic E-state index is 11.9. The molecular weight excluding hydrogens is 324 g/mol. The molecule has 0 radical (unpaired) electrons. The molecule has 0 bridgehead atoms. The van der Waals surface area contributed by atoms with Gasteiger partial charge in [0, 0.05) is 43.8 Å². The van der Waals surface area contributed by atoms with Gasteiger partial charge in [-0.05, 0) is 25.0 Å². The van der Waals surface area contributed by atoms with Crippen LogP contribution in [0.5, 0.6) is 0 Å². The maximum Gasteiger partial charge on any atom is 0.319 e. The summed E-state index contributed by atoms with van der Waals surface area (Å²) < 4.78 is 2.16. The Labute approximate surface area is 144 Å². The van der Waals surface area contributed by atoms with Gasteiger partial charge in [-0.3, -0.25) is 10.1 Å². The molecule has 1 aromatic heterocycles. The lowest BCUT2D eigenvalue weighted by atomic mass is 10.2. The van der Waals surface area contributed by atoms with Crippen molar-refractivity contribution in [1.29, 1.82) is 0 Å². The van der Waals surface area contributed by atoms with Gasteiger partial charge in [-0.2, -0.15) is 0 Å². The number of non-ortho nitro benzene ring substituents is 1. The zero-order valence-electron chi connectivity index (χ0n) is 13.8. The van der Waals surface area contributed by atoms with Crippen molar-refractivity contribution in [3.63, 3.8) is 0 Å². The van der Waals surface area contributed by atoms with Crippen molar-refractivity contribution in [1.82, 2.24) is 20.1 Å². The minimum atomic E-state index is -0.481. The first-order valence-corrected chi connectivity index (χ1v) is 8.34. The van der Waals surface area contributed by atoms with Gasteiger partial charge in [0.2, 0.25) is 0 Å². The summed E-state index contributed by atoms with van der Waals surface area (Å²) in [6.07, 6.45) is 5.06. The average molecular weight is 344 g/mol. The zero-order chi connectivity index (χ0) is 17.6. The van der Waals surface area contributed by atoms with Crippen LogP contribution in [0.4, 0.5) is 16.2 Å². The van der Waals surface area contributed by atoms with E-state index in [0.717, 1.165) is 37.5 Å². The zero-order valence-corrected chi connectivity index (χ0v) is 13.8. The molecule has 0 unspecified atom stereocenters. The number of hydrogen-bond donors (Lipinski definition) is 2. The fourth-order valence-electron chi connectivity index (χ4n) is 2.86. The smallest absolute Gasteiger partial charge is 0.319 e. The third kappa shape index (κ3) is 4.31. The molecule has 2 N–H and O–H groups in total. The van der Waals surface area contributed by atoms with Crippen LogP contribution in [0.3, 0.4) is 0 Å². The van der Waals surface area contributed by atoms with Crippen LogP contribution in [-0.2, 0) is 19.4 Å². The molecule has 9 heteroatoms. The first kappa shape index (κ1) is 16.9. The number of urea groups is 1. The molecule has 0 atom stereocenters. The lowest BCUT2D eigenvalue weighted by Crippen LogP contribution is -2.31. The van der Waals surface area contributed by atoms with E-state index in [-0.39, 0.29) is 11.7 Å². The Kier molecular flexibility index (Phi) is 5.22. The lowest BCUT2D eigenvalue weighted by molar-refractivity contribution is -0.384. The number of nitro groups is 1. The van der Waals surface area contributed by atoms with Crippen LogP contribution in [0.15, 0.2) is 24.3 Å². The Morgan fingerprint density at radius 3 is 2.76 bits per heavy atom. The predicted octanol–water partition coefficient (Wildman–Crippen LogP) is 2.28. The quantitative estimate of drug-likeness (QED) is 0.638. The molecule has 9 nitrogen and oxygen atoms in total. The van der Waals surface area contributed by atoms with Crippen LogP contribution in [-0.4, -0.2) is 32.3 Å². The van der Waals surface area contributed by atoms with Gasteiger partial charge in [0.25, 0.3) is 5.69 Å². The second-order valence-corrected chi connectivity index (χ2v) is 5.93. The summed E-state index contributed by atoms with van der Waals surface area (Å²) in [5.41, 5.74) is 0.484. The topological polar surface area (TPSA) is 115 Å². The van der Waals surface area contributed by atoms with Gasteiger partial charge < -0.3 is 15.2 Å². The highest BCUT2D eigenvalue weighted by Crippen LogP contribution is 2.16. The van der Waals surface area contributed by atoms with E-state index in [2.05, 4.69) is 25.4 Å².